The second-order valence-corrected chi connectivity index (χ2v) is 7.40. The first-order chi connectivity index (χ1) is 8.67. The van der Waals surface area contributed by atoms with Gasteiger partial charge in [-0.25, -0.2) is 4.79 Å². The number of hydrogen-bond acceptors (Lipinski definition) is 3. The second kappa shape index (κ2) is 3.41. The molecule has 0 amide bonds. The fourth-order valence-corrected chi connectivity index (χ4v) is 5.27. The monoisotopic (exact) mass is 266 g/mol. The molecule has 5 atom stereocenters. The average Bonchev–Trinajstić information content (AvgIpc) is 3.04. The lowest BCUT2D eigenvalue weighted by Crippen LogP contribution is -2.59. The second-order valence-electron chi connectivity index (χ2n) is 7.40. The Labute approximate surface area is 113 Å². The van der Waals surface area contributed by atoms with Gasteiger partial charge in [-0.3, -0.25) is 0 Å². The van der Waals surface area contributed by atoms with Crippen molar-refractivity contribution in [1.82, 2.24) is 0 Å². The van der Waals surface area contributed by atoms with Crippen molar-refractivity contribution in [2.24, 2.45) is 22.2 Å². The largest absolute Gasteiger partial charge is 0.478 e. The van der Waals surface area contributed by atoms with Gasteiger partial charge in [-0.15, -0.1) is 0 Å². The third kappa shape index (κ3) is 1.29. The van der Waals surface area contributed by atoms with Gasteiger partial charge in [-0.1, -0.05) is 26.8 Å². The maximum atomic E-state index is 11.3. The van der Waals surface area contributed by atoms with E-state index in [9.17, 15) is 20.1 Å². The average molecular weight is 266 g/mol. The lowest BCUT2D eigenvalue weighted by atomic mass is 9.48. The molecule has 0 bridgehead atoms. The van der Waals surface area contributed by atoms with Gasteiger partial charge in [0.25, 0.3) is 0 Å². The Bertz CT molecular complexity index is 481. The minimum absolute atomic E-state index is 0.0286. The number of carbonyl (C=O) groups is 1. The zero-order chi connectivity index (χ0) is 14.2. The minimum atomic E-state index is -0.833. The summed E-state index contributed by atoms with van der Waals surface area (Å²) in [5.41, 5.74) is -0.243. The van der Waals surface area contributed by atoms with E-state index < -0.39 is 23.6 Å². The molecule has 0 radical (unpaired) electrons. The standard InChI is InChI=1S/C15H22O4/c1-13(2)11(17)10(16)7-14(3)5-4-8(12(18)19)9-6-15(9,13)14/h4,9-11,16-17H,5-7H2,1-3H3,(H,18,19)/t9-,10+,11+,14+,15-/m0/s1. The van der Waals surface area contributed by atoms with Crippen molar-refractivity contribution >= 4 is 5.97 Å². The molecule has 106 valence electrons. The smallest absolute Gasteiger partial charge is 0.331 e. The van der Waals surface area contributed by atoms with Crippen LogP contribution in [0, 0.1) is 22.2 Å². The number of carboxylic acid groups (broad SMARTS) is 1. The van der Waals surface area contributed by atoms with E-state index in [4.69, 9.17) is 0 Å². The maximum Gasteiger partial charge on any atom is 0.331 e. The number of hydrogen-bond donors (Lipinski definition) is 3. The molecule has 3 aliphatic rings. The molecular formula is C15H22O4. The van der Waals surface area contributed by atoms with Gasteiger partial charge in [0.1, 0.15) is 0 Å². The summed E-state index contributed by atoms with van der Waals surface area (Å²) >= 11 is 0. The van der Waals surface area contributed by atoms with Crippen LogP contribution in [0.3, 0.4) is 0 Å². The molecule has 3 aliphatic carbocycles. The Hall–Kier alpha value is -0.870. The van der Waals surface area contributed by atoms with Crippen molar-refractivity contribution in [3.05, 3.63) is 11.6 Å². The molecule has 2 fully saturated rings. The van der Waals surface area contributed by atoms with Gasteiger partial charge < -0.3 is 15.3 Å². The van der Waals surface area contributed by atoms with Crippen LogP contribution >= 0.6 is 0 Å². The Morgan fingerprint density at radius 1 is 1.26 bits per heavy atom. The predicted molar refractivity (Wildman–Crippen MR) is 69.4 cm³/mol. The summed E-state index contributed by atoms with van der Waals surface area (Å²) in [7, 11) is 0. The lowest BCUT2D eigenvalue weighted by molar-refractivity contribution is -0.178. The van der Waals surface area contributed by atoms with Gasteiger partial charge in [-0.2, -0.15) is 0 Å². The summed E-state index contributed by atoms with van der Waals surface area (Å²) in [6.45, 7) is 6.09. The Balaban J connectivity index is 2.10. The first kappa shape index (κ1) is 13.1. The highest BCUT2D eigenvalue weighted by Crippen LogP contribution is 2.80. The Morgan fingerprint density at radius 3 is 2.47 bits per heavy atom. The van der Waals surface area contributed by atoms with Crippen LogP contribution in [0.2, 0.25) is 0 Å². The van der Waals surface area contributed by atoms with E-state index in [1.165, 1.54) is 0 Å². The van der Waals surface area contributed by atoms with E-state index in [2.05, 4.69) is 6.92 Å². The Kier molecular flexibility index (Phi) is 2.36. The molecule has 0 heterocycles. The van der Waals surface area contributed by atoms with Gasteiger partial charge >= 0.3 is 5.97 Å². The van der Waals surface area contributed by atoms with Gasteiger partial charge in [0.15, 0.2) is 0 Å². The highest BCUT2D eigenvalue weighted by atomic mass is 16.4. The quantitative estimate of drug-likeness (QED) is 0.673. The normalized spacial score (nSPS) is 50.8. The van der Waals surface area contributed by atoms with E-state index in [1.807, 2.05) is 19.9 Å². The molecule has 1 spiro atoms. The third-order valence-electron chi connectivity index (χ3n) is 6.35. The highest BCUT2D eigenvalue weighted by molar-refractivity contribution is 5.88. The van der Waals surface area contributed by atoms with E-state index in [0.29, 0.717) is 18.4 Å². The summed E-state index contributed by atoms with van der Waals surface area (Å²) in [5, 5.41) is 29.8. The SMILES string of the molecule is CC1(C)[C@H](O)[C@H](O)C[C@@]2(C)CC=C(C(=O)O)[C@@H]3C[C@]312. The minimum Gasteiger partial charge on any atom is -0.478 e. The van der Waals surface area contributed by atoms with Crippen molar-refractivity contribution in [3.8, 4) is 0 Å². The van der Waals surface area contributed by atoms with Crippen LogP contribution in [0.1, 0.15) is 40.0 Å². The number of allylic oxidation sites excluding steroid dienone is 1. The topological polar surface area (TPSA) is 77.8 Å². The van der Waals surface area contributed by atoms with Crippen LogP contribution in [-0.4, -0.2) is 33.5 Å². The predicted octanol–water partition coefficient (Wildman–Crippen LogP) is 1.57. The molecular weight excluding hydrogens is 244 g/mol. The summed E-state index contributed by atoms with van der Waals surface area (Å²) < 4.78 is 0. The molecule has 3 rings (SSSR count). The van der Waals surface area contributed by atoms with Crippen LogP contribution in [0.25, 0.3) is 0 Å². The van der Waals surface area contributed by atoms with Gasteiger partial charge in [0.05, 0.1) is 12.2 Å². The lowest BCUT2D eigenvalue weighted by Gasteiger charge is -2.58. The van der Waals surface area contributed by atoms with Crippen molar-refractivity contribution in [2.45, 2.75) is 52.2 Å². The molecule has 0 aromatic carbocycles. The fraction of sp³-hybridized carbons (Fsp3) is 0.800. The number of aliphatic hydroxyl groups excluding tert-OH is 2. The highest BCUT2D eigenvalue weighted by Gasteiger charge is 2.77. The van der Waals surface area contributed by atoms with Crippen LogP contribution < -0.4 is 0 Å². The molecule has 4 nitrogen and oxygen atoms in total. The summed E-state index contributed by atoms with van der Waals surface area (Å²) in [6, 6.07) is 0. The first-order valence-corrected chi connectivity index (χ1v) is 6.97. The van der Waals surface area contributed by atoms with Crippen LogP contribution in [-0.2, 0) is 4.79 Å². The molecule has 4 heteroatoms. The summed E-state index contributed by atoms with van der Waals surface area (Å²) in [4.78, 5) is 11.3. The van der Waals surface area contributed by atoms with Crippen LogP contribution in [0.4, 0.5) is 0 Å². The molecule has 0 saturated heterocycles. The molecule has 0 aromatic heterocycles. The molecule has 0 aromatic rings. The number of rotatable bonds is 1. The van der Waals surface area contributed by atoms with Gasteiger partial charge in [0.2, 0.25) is 0 Å². The van der Waals surface area contributed by atoms with Crippen LogP contribution in [0.5, 0.6) is 0 Å². The summed E-state index contributed by atoms with van der Waals surface area (Å²) in [5.74, 6) is -0.804. The maximum absolute atomic E-state index is 11.3. The van der Waals surface area contributed by atoms with Gasteiger partial charge in [0, 0.05) is 5.57 Å². The zero-order valence-electron chi connectivity index (χ0n) is 11.7. The van der Waals surface area contributed by atoms with E-state index in [1.54, 1.807) is 0 Å². The molecule has 3 N–H and O–H groups in total. The zero-order valence-corrected chi connectivity index (χ0v) is 11.7. The van der Waals surface area contributed by atoms with E-state index >= 15 is 0 Å². The third-order valence-corrected chi connectivity index (χ3v) is 6.35. The van der Waals surface area contributed by atoms with E-state index in [-0.39, 0.29) is 16.7 Å². The summed E-state index contributed by atoms with van der Waals surface area (Å²) in [6.07, 6.45) is 2.39. The number of aliphatic carboxylic acids is 1. The first-order valence-electron chi connectivity index (χ1n) is 6.97. The number of aliphatic hydroxyl groups is 2. The Morgan fingerprint density at radius 2 is 1.89 bits per heavy atom. The van der Waals surface area contributed by atoms with Gasteiger partial charge in [-0.05, 0) is 41.4 Å². The fourth-order valence-electron chi connectivity index (χ4n) is 5.27. The van der Waals surface area contributed by atoms with Crippen molar-refractivity contribution < 1.29 is 20.1 Å². The van der Waals surface area contributed by atoms with E-state index in [0.717, 1.165) is 6.42 Å². The number of carboxylic acids is 1. The van der Waals surface area contributed by atoms with Crippen molar-refractivity contribution in [2.75, 3.05) is 0 Å². The molecule has 2 saturated carbocycles. The van der Waals surface area contributed by atoms with Crippen LogP contribution in [0.15, 0.2) is 11.6 Å². The molecule has 0 unspecified atom stereocenters. The molecule has 0 aliphatic heterocycles. The molecule has 19 heavy (non-hydrogen) atoms. The van der Waals surface area contributed by atoms with Crippen molar-refractivity contribution in [3.63, 3.8) is 0 Å². The van der Waals surface area contributed by atoms with Crippen molar-refractivity contribution in [1.29, 1.82) is 0 Å².